The molecular weight excluding hydrogens is 695 g/mol. The second kappa shape index (κ2) is 13.0. The predicted molar refractivity (Wildman–Crippen MR) is 141 cm³/mol. The molecule has 0 amide bonds. The van der Waals surface area contributed by atoms with Crippen LogP contribution < -0.4 is 10.5 Å². The van der Waals surface area contributed by atoms with Crippen molar-refractivity contribution in [1.82, 2.24) is 20.4 Å². The third kappa shape index (κ3) is 9.66. The molecule has 0 unspecified atom stereocenters. The molecule has 2 heterocycles. The number of hydrogen-bond acceptors (Lipinski definition) is 11. The molecule has 0 aliphatic carbocycles. The number of nitrogens with two attached hydrogens (primary N) is 1. The summed E-state index contributed by atoms with van der Waals surface area (Å²) in [6.45, 7) is 1.89. The summed E-state index contributed by atoms with van der Waals surface area (Å²) in [6.07, 6.45) is 0. The van der Waals surface area contributed by atoms with Crippen molar-refractivity contribution < 1.29 is 21.2 Å². The van der Waals surface area contributed by atoms with E-state index < -0.39 is 24.9 Å². The quantitative estimate of drug-likeness (QED) is 0.277. The highest BCUT2D eigenvalue weighted by molar-refractivity contribution is 9.10. The average molecular weight is 709 g/mol. The Morgan fingerprint density at radius 1 is 0.943 bits per heavy atom. The van der Waals surface area contributed by atoms with E-state index in [4.69, 9.17) is 16.4 Å². The summed E-state index contributed by atoms with van der Waals surface area (Å²) < 4.78 is 61.1. The number of rotatable bonds is 4. The van der Waals surface area contributed by atoms with E-state index in [1.165, 1.54) is 16.8 Å². The number of halogens is 4. The van der Waals surface area contributed by atoms with E-state index in [0.717, 1.165) is 35.1 Å². The summed E-state index contributed by atoms with van der Waals surface area (Å²) in [6, 6.07) is 8.19. The van der Waals surface area contributed by atoms with Gasteiger partial charge in [-0.1, -0.05) is 28.7 Å². The normalized spacial score (nSPS) is 11.0. The maximum Gasteiger partial charge on any atom is 0.264 e. The maximum atomic E-state index is 12.5. The first-order valence-electron chi connectivity index (χ1n) is 8.76. The molecule has 3 N–H and O–H groups in total. The molecule has 0 radical (unpaired) electrons. The van der Waals surface area contributed by atoms with Gasteiger partial charge in [-0.2, -0.15) is 0 Å². The third-order valence-electron chi connectivity index (χ3n) is 3.49. The third-order valence-corrected chi connectivity index (χ3v) is 9.37. The van der Waals surface area contributed by atoms with Gasteiger partial charge in [-0.05, 0) is 74.7 Å². The Morgan fingerprint density at radius 2 is 1.54 bits per heavy atom. The van der Waals surface area contributed by atoms with Crippen LogP contribution >= 0.6 is 65.2 Å². The van der Waals surface area contributed by atoms with E-state index in [2.05, 4.69) is 57.0 Å². The molecule has 2 aromatic heterocycles. The second-order valence-corrected chi connectivity index (χ2v) is 13.7. The van der Waals surface area contributed by atoms with Gasteiger partial charge in [0.2, 0.25) is 10.3 Å². The van der Waals surface area contributed by atoms with Crippen molar-refractivity contribution in [1.29, 1.82) is 0 Å². The lowest BCUT2D eigenvalue weighted by Crippen LogP contribution is -2.13. The van der Waals surface area contributed by atoms with Crippen LogP contribution in [0.15, 0.2) is 66.2 Å². The van der Waals surface area contributed by atoms with Crippen LogP contribution in [0.4, 0.5) is 14.7 Å². The zero-order valence-corrected chi connectivity index (χ0v) is 24.5. The number of benzene rings is 2. The van der Waals surface area contributed by atoms with Crippen LogP contribution in [0.1, 0.15) is 5.56 Å². The molecule has 2 aromatic carbocycles. The van der Waals surface area contributed by atoms with Crippen molar-refractivity contribution in [2.75, 3.05) is 10.5 Å². The van der Waals surface area contributed by atoms with Crippen LogP contribution in [0.5, 0.6) is 0 Å². The number of aryl methyl sites for hydroxylation is 1. The molecule has 4 rings (SSSR count). The van der Waals surface area contributed by atoms with Crippen molar-refractivity contribution in [3.8, 4) is 0 Å². The molecule has 0 saturated heterocycles. The van der Waals surface area contributed by atoms with Crippen LogP contribution in [0.3, 0.4) is 0 Å². The van der Waals surface area contributed by atoms with Gasteiger partial charge in [-0.25, -0.2) is 21.2 Å². The molecule has 0 fully saturated rings. The molecule has 10 nitrogen and oxygen atoms in total. The Kier molecular flexibility index (Phi) is 10.9. The number of hydrogen-bond donors (Lipinski definition) is 2. The maximum absolute atomic E-state index is 12.5. The number of sulfonamides is 1. The van der Waals surface area contributed by atoms with Crippen molar-refractivity contribution >= 4 is 94.6 Å². The van der Waals surface area contributed by atoms with Crippen molar-refractivity contribution in [3.63, 3.8) is 0 Å². The second-order valence-electron chi connectivity index (χ2n) is 6.07. The first-order chi connectivity index (χ1) is 16.3. The SMILES string of the molecule is Cc1ccc(S(=O)(=O)Nc2nncs2)c(Br)c1.Nc1nncs1.O=S(=O)(Cl)c1ccc(F)cc1Br. The number of anilines is 2. The van der Waals surface area contributed by atoms with Gasteiger partial charge < -0.3 is 5.73 Å². The van der Waals surface area contributed by atoms with E-state index in [9.17, 15) is 21.2 Å². The van der Waals surface area contributed by atoms with Crippen LogP contribution in [-0.4, -0.2) is 37.2 Å². The molecule has 18 heteroatoms. The van der Waals surface area contributed by atoms with E-state index in [1.807, 2.05) is 6.92 Å². The minimum Gasteiger partial charge on any atom is -0.374 e. The van der Waals surface area contributed by atoms with Gasteiger partial charge in [0.05, 0.1) is 4.90 Å². The molecule has 188 valence electrons. The Hall–Kier alpha value is -1.76. The molecular formula is C17H14Br2ClFN6O4S4. The number of nitrogens with one attached hydrogen (secondary N) is 1. The van der Waals surface area contributed by atoms with Gasteiger partial charge in [0.1, 0.15) is 21.7 Å². The fourth-order valence-corrected chi connectivity index (χ4v) is 7.44. The van der Waals surface area contributed by atoms with Crippen molar-refractivity contribution in [2.45, 2.75) is 16.7 Å². The number of aromatic nitrogens is 4. The Bertz CT molecular complexity index is 1470. The molecule has 35 heavy (non-hydrogen) atoms. The largest absolute Gasteiger partial charge is 0.374 e. The topological polar surface area (TPSA) is 158 Å². The summed E-state index contributed by atoms with van der Waals surface area (Å²) in [7, 11) is -2.38. The molecule has 0 saturated carbocycles. The summed E-state index contributed by atoms with van der Waals surface area (Å²) in [5.74, 6) is -0.522. The van der Waals surface area contributed by atoms with Gasteiger partial charge in [-0.15, -0.1) is 20.4 Å². The molecule has 0 atom stereocenters. The first-order valence-corrected chi connectivity index (χ1v) is 15.9. The first kappa shape index (κ1) is 29.5. The molecule has 4 aromatic rings. The summed E-state index contributed by atoms with van der Waals surface area (Å²) in [5, 5.41) is 14.9. The van der Waals surface area contributed by atoms with Crippen LogP contribution in [0, 0.1) is 12.7 Å². The Balaban J connectivity index is 0.000000207. The van der Waals surface area contributed by atoms with Crippen molar-refractivity contribution in [3.05, 3.63) is 67.7 Å². The number of nitrogen functional groups attached to an aromatic ring is 1. The monoisotopic (exact) mass is 706 g/mol. The highest BCUT2D eigenvalue weighted by atomic mass is 79.9. The van der Waals surface area contributed by atoms with Gasteiger partial charge in [-0.3, -0.25) is 4.72 Å². The van der Waals surface area contributed by atoms with Gasteiger partial charge >= 0.3 is 0 Å². The van der Waals surface area contributed by atoms with E-state index in [0.29, 0.717) is 9.60 Å². The van der Waals surface area contributed by atoms with E-state index in [-0.39, 0.29) is 19.4 Å². The zero-order valence-electron chi connectivity index (χ0n) is 17.3. The number of nitrogens with zero attached hydrogens (tertiary/aromatic N) is 4. The summed E-state index contributed by atoms with van der Waals surface area (Å²) in [4.78, 5) is 0.0452. The molecule has 0 aliphatic rings. The summed E-state index contributed by atoms with van der Waals surface area (Å²) >= 11 is 8.57. The minimum atomic E-state index is -3.79. The highest BCUT2D eigenvalue weighted by Crippen LogP contribution is 2.26. The van der Waals surface area contributed by atoms with Gasteiger partial charge in [0.25, 0.3) is 19.1 Å². The molecule has 0 spiro atoms. The molecule has 0 aliphatic heterocycles. The lowest BCUT2D eigenvalue weighted by molar-refractivity contribution is 0.600. The van der Waals surface area contributed by atoms with Gasteiger partial charge in [0.15, 0.2) is 0 Å². The smallest absolute Gasteiger partial charge is 0.264 e. The van der Waals surface area contributed by atoms with Crippen LogP contribution in [-0.2, 0) is 19.1 Å². The Morgan fingerprint density at radius 3 is 2.00 bits per heavy atom. The van der Waals surface area contributed by atoms with Crippen LogP contribution in [0.25, 0.3) is 0 Å². The fraction of sp³-hybridized carbons (Fsp3) is 0.0588. The minimum absolute atomic E-state index is 0.123. The zero-order chi connectivity index (χ0) is 26.2. The van der Waals surface area contributed by atoms with E-state index in [1.54, 1.807) is 23.7 Å². The Labute approximate surface area is 229 Å². The lowest BCUT2D eigenvalue weighted by Gasteiger charge is -2.07. The average Bonchev–Trinajstić information content (AvgIpc) is 3.41. The fourth-order valence-electron chi connectivity index (χ4n) is 2.07. The lowest BCUT2D eigenvalue weighted by atomic mass is 10.2. The van der Waals surface area contributed by atoms with Crippen LogP contribution in [0.2, 0.25) is 0 Å². The summed E-state index contributed by atoms with van der Waals surface area (Å²) in [5.41, 5.74) is 9.15. The van der Waals surface area contributed by atoms with Crippen molar-refractivity contribution in [2.24, 2.45) is 0 Å². The van der Waals surface area contributed by atoms with Gasteiger partial charge in [0, 0.05) is 19.6 Å². The van der Waals surface area contributed by atoms with E-state index >= 15 is 0 Å². The molecule has 0 bridgehead atoms. The predicted octanol–water partition coefficient (Wildman–Crippen LogP) is 5.05. The highest BCUT2D eigenvalue weighted by Gasteiger charge is 2.19. The standard InChI is InChI=1S/C9H8BrN3O2S2.C6H3BrClFO2S.C2H3N3S/c1-6-2-3-8(7(10)4-6)17(14,15)13-9-12-11-5-16-9;7-5-3-4(9)1-2-6(5)12(8,10)11;3-2-5-4-1-6-2/h2-5H,1H3,(H,12,13);1-3H;1H,(H2,3,5).